The average molecular weight is 359 g/mol. The minimum Gasteiger partial charge on any atom is -0.340 e. The molecule has 4 aliphatic rings. The van der Waals surface area contributed by atoms with Crippen molar-refractivity contribution in [2.45, 2.75) is 45.1 Å². The van der Waals surface area contributed by atoms with Gasteiger partial charge in [0.1, 0.15) is 5.82 Å². The first-order chi connectivity index (χ1) is 12.4. The van der Waals surface area contributed by atoms with Crippen molar-refractivity contribution in [3.8, 4) is 0 Å². The van der Waals surface area contributed by atoms with Crippen LogP contribution in [0.4, 0.5) is 4.39 Å². The largest absolute Gasteiger partial charge is 0.340 e. The molecule has 1 aromatic carbocycles. The molecule has 4 bridgehead atoms. The lowest BCUT2D eigenvalue weighted by atomic mass is 9.49. The Morgan fingerprint density at radius 1 is 1.04 bits per heavy atom. The number of nitrogens with zero attached hydrogens (tertiary/aromatic N) is 2. The minimum atomic E-state index is -0.238. The van der Waals surface area contributed by atoms with Gasteiger partial charge in [0.15, 0.2) is 0 Å². The number of benzene rings is 1. The fourth-order valence-corrected chi connectivity index (χ4v) is 6.42. The van der Waals surface area contributed by atoms with E-state index < -0.39 is 0 Å². The highest BCUT2D eigenvalue weighted by atomic mass is 19.1. The van der Waals surface area contributed by atoms with E-state index in [-0.39, 0.29) is 11.7 Å². The van der Waals surface area contributed by atoms with E-state index in [0.29, 0.717) is 18.5 Å². The number of likely N-dealkylation sites (N-methyl/N-ethyl adjacent to an activating group) is 2. The summed E-state index contributed by atoms with van der Waals surface area (Å²) >= 11 is 0. The van der Waals surface area contributed by atoms with E-state index in [9.17, 15) is 9.18 Å². The lowest BCUT2D eigenvalue weighted by molar-refractivity contribution is -0.132. The molecule has 0 atom stereocenters. The van der Waals surface area contributed by atoms with E-state index in [2.05, 4.69) is 11.9 Å². The van der Waals surface area contributed by atoms with Gasteiger partial charge >= 0.3 is 0 Å². The van der Waals surface area contributed by atoms with Crippen molar-refractivity contribution in [2.24, 2.45) is 23.2 Å². The van der Waals surface area contributed by atoms with Crippen LogP contribution in [-0.4, -0.2) is 42.9 Å². The van der Waals surface area contributed by atoms with Crippen LogP contribution in [0, 0.1) is 29.0 Å². The Bertz CT molecular complexity index is 621. The molecule has 0 spiro atoms. The standard InChI is InChI=1S/C22H31FN2O/c1-24(14-21(26)25(2)13-16-3-5-20(23)6-4-16)15-22-10-17-7-18(11-22)9-19(8-17)12-22/h3-6,17-19H,7-15H2,1-2H3. The molecule has 1 aromatic rings. The first kappa shape index (κ1) is 18.0. The second-order valence-electron chi connectivity index (χ2n) is 9.47. The molecule has 1 amide bonds. The Hall–Kier alpha value is -1.42. The molecule has 0 heterocycles. The summed E-state index contributed by atoms with van der Waals surface area (Å²) in [5, 5.41) is 0. The Morgan fingerprint density at radius 3 is 2.12 bits per heavy atom. The Morgan fingerprint density at radius 2 is 1.58 bits per heavy atom. The predicted octanol–water partition coefficient (Wildman–Crippen LogP) is 3.93. The number of carbonyl (C=O) groups is 1. The first-order valence-electron chi connectivity index (χ1n) is 10.1. The summed E-state index contributed by atoms with van der Waals surface area (Å²) in [4.78, 5) is 16.6. The van der Waals surface area contributed by atoms with Gasteiger partial charge in [-0.2, -0.15) is 0 Å². The van der Waals surface area contributed by atoms with Crippen LogP contribution in [0.2, 0.25) is 0 Å². The molecule has 4 aliphatic carbocycles. The van der Waals surface area contributed by atoms with Crippen LogP contribution in [-0.2, 0) is 11.3 Å². The van der Waals surface area contributed by atoms with Crippen molar-refractivity contribution in [2.75, 3.05) is 27.2 Å². The molecule has 4 saturated carbocycles. The van der Waals surface area contributed by atoms with Crippen molar-refractivity contribution >= 4 is 5.91 Å². The van der Waals surface area contributed by atoms with Gasteiger partial charge in [0, 0.05) is 20.1 Å². The van der Waals surface area contributed by atoms with Gasteiger partial charge in [-0.1, -0.05) is 12.1 Å². The molecular formula is C22H31FN2O. The third-order valence-corrected chi connectivity index (χ3v) is 6.93. The monoisotopic (exact) mass is 358 g/mol. The number of amides is 1. The second-order valence-corrected chi connectivity index (χ2v) is 9.47. The molecule has 142 valence electrons. The summed E-state index contributed by atoms with van der Waals surface area (Å²) in [5.74, 6) is 2.75. The number of hydrogen-bond donors (Lipinski definition) is 0. The molecule has 4 fully saturated rings. The van der Waals surface area contributed by atoms with E-state index in [0.717, 1.165) is 29.9 Å². The first-order valence-corrected chi connectivity index (χ1v) is 10.1. The lowest BCUT2D eigenvalue weighted by Gasteiger charge is -2.57. The van der Waals surface area contributed by atoms with Crippen LogP contribution in [0.5, 0.6) is 0 Å². The van der Waals surface area contributed by atoms with E-state index >= 15 is 0 Å². The fraction of sp³-hybridized carbons (Fsp3) is 0.682. The highest BCUT2D eigenvalue weighted by Crippen LogP contribution is 2.60. The molecule has 0 aliphatic heterocycles. The van der Waals surface area contributed by atoms with Gasteiger partial charge in [0.05, 0.1) is 6.54 Å². The summed E-state index contributed by atoms with van der Waals surface area (Å²) in [6.45, 7) is 2.07. The molecular weight excluding hydrogens is 327 g/mol. The topological polar surface area (TPSA) is 23.6 Å². The molecule has 0 radical (unpaired) electrons. The van der Waals surface area contributed by atoms with Crippen LogP contribution in [0.3, 0.4) is 0 Å². The van der Waals surface area contributed by atoms with Crippen molar-refractivity contribution in [1.82, 2.24) is 9.80 Å². The fourth-order valence-electron chi connectivity index (χ4n) is 6.42. The number of carbonyl (C=O) groups excluding carboxylic acids is 1. The average Bonchev–Trinajstić information content (AvgIpc) is 2.55. The SMILES string of the molecule is CN(CC(=O)N(C)Cc1ccc(F)cc1)CC12CC3CC(CC(C3)C1)C2. The maximum atomic E-state index is 13.0. The third kappa shape index (κ3) is 3.80. The molecule has 0 saturated heterocycles. The van der Waals surface area contributed by atoms with Crippen molar-refractivity contribution < 1.29 is 9.18 Å². The van der Waals surface area contributed by atoms with Gasteiger partial charge in [-0.05, 0) is 86.4 Å². The van der Waals surface area contributed by atoms with Crippen LogP contribution in [0.1, 0.15) is 44.1 Å². The van der Waals surface area contributed by atoms with Gasteiger partial charge in [-0.25, -0.2) is 4.39 Å². The van der Waals surface area contributed by atoms with Crippen molar-refractivity contribution in [3.63, 3.8) is 0 Å². The summed E-state index contributed by atoms with van der Waals surface area (Å²) in [5.41, 5.74) is 1.44. The molecule has 4 heteroatoms. The molecule has 5 rings (SSSR count). The molecule has 3 nitrogen and oxygen atoms in total. The van der Waals surface area contributed by atoms with Crippen LogP contribution in [0.25, 0.3) is 0 Å². The lowest BCUT2D eigenvalue weighted by Crippen LogP contribution is -2.51. The van der Waals surface area contributed by atoms with Crippen LogP contribution in [0.15, 0.2) is 24.3 Å². The smallest absolute Gasteiger partial charge is 0.236 e. The zero-order chi connectivity index (χ0) is 18.3. The number of hydrogen-bond acceptors (Lipinski definition) is 2. The van der Waals surface area contributed by atoms with Gasteiger partial charge in [-0.15, -0.1) is 0 Å². The normalized spacial score (nSPS) is 32.2. The highest BCUT2D eigenvalue weighted by molar-refractivity contribution is 5.77. The summed E-state index contributed by atoms with van der Waals surface area (Å²) in [7, 11) is 3.94. The second kappa shape index (κ2) is 6.95. The van der Waals surface area contributed by atoms with E-state index in [1.165, 1.54) is 50.7 Å². The van der Waals surface area contributed by atoms with Gasteiger partial charge in [0.25, 0.3) is 0 Å². The van der Waals surface area contributed by atoms with Crippen molar-refractivity contribution in [1.29, 1.82) is 0 Å². The molecule has 26 heavy (non-hydrogen) atoms. The number of halogens is 1. The van der Waals surface area contributed by atoms with Crippen LogP contribution >= 0.6 is 0 Å². The molecule has 0 unspecified atom stereocenters. The Kier molecular flexibility index (Phi) is 4.81. The maximum absolute atomic E-state index is 13.0. The summed E-state index contributed by atoms with van der Waals surface area (Å²) < 4.78 is 13.0. The minimum absolute atomic E-state index is 0.140. The summed E-state index contributed by atoms with van der Waals surface area (Å²) in [6.07, 6.45) is 8.52. The van der Waals surface area contributed by atoms with Crippen molar-refractivity contribution in [3.05, 3.63) is 35.6 Å². The van der Waals surface area contributed by atoms with Gasteiger partial charge in [-0.3, -0.25) is 9.69 Å². The highest BCUT2D eigenvalue weighted by Gasteiger charge is 2.51. The van der Waals surface area contributed by atoms with Gasteiger partial charge in [0.2, 0.25) is 5.91 Å². The summed E-state index contributed by atoms with van der Waals surface area (Å²) in [6, 6.07) is 6.40. The Labute approximate surface area is 156 Å². The molecule has 0 N–H and O–H groups in total. The third-order valence-electron chi connectivity index (χ3n) is 6.93. The maximum Gasteiger partial charge on any atom is 0.236 e. The predicted molar refractivity (Wildman–Crippen MR) is 101 cm³/mol. The van der Waals surface area contributed by atoms with Crippen LogP contribution < -0.4 is 0 Å². The van der Waals surface area contributed by atoms with Gasteiger partial charge < -0.3 is 4.90 Å². The quantitative estimate of drug-likeness (QED) is 0.769. The Balaban J connectivity index is 1.30. The van der Waals surface area contributed by atoms with E-state index in [4.69, 9.17) is 0 Å². The van der Waals surface area contributed by atoms with E-state index in [1.807, 2.05) is 7.05 Å². The molecule has 0 aromatic heterocycles. The van der Waals surface area contributed by atoms with E-state index in [1.54, 1.807) is 17.0 Å². The zero-order valence-electron chi connectivity index (χ0n) is 16.1. The zero-order valence-corrected chi connectivity index (χ0v) is 16.1. The number of rotatable bonds is 6.